The van der Waals surface area contributed by atoms with Crippen molar-refractivity contribution >= 4 is 17.2 Å². The van der Waals surface area contributed by atoms with Gasteiger partial charge >= 0.3 is 0 Å². The van der Waals surface area contributed by atoms with E-state index in [0.29, 0.717) is 5.92 Å². The molecule has 21 heavy (non-hydrogen) atoms. The van der Waals surface area contributed by atoms with Crippen molar-refractivity contribution in [2.24, 2.45) is 5.92 Å². The molecule has 3 rings (SSSR count). The number of ether oxygens (including phenoxy) is 1. The largest absolute Gasteiger partial charge is 0.364 e. The third-order valence-electron chi connectivity index (χ3n) is 4.56. The molecule has 0 saturated carbocycles. The number of thiazole rings is 1. The molecular formula is C15H23N3O2S. The average molecular weight is 309 g/mol. The van der Waals surface area contributed by atoms with E-state index in [-0.39, 0.29) is 18.1 Å². The van der Waals surface area contributed by atoms with Crippen LogP contribution in [0, 0.1) is 12.8 Å². The number of rotatable bonds is 3. The monoisotopic (exact) mass is 309 g/mol. The van der Waals surface area contributed by atoms with Gasteiger partial charge < -0.3 is 9.64 Å². The van der Waals surface area contributed by atoms with E-state index in [1.54, 1.807) is 30.3 Å². The lowest BCUT2D eigenvalue weighted by atomic mass is 9.91. The van der Waals surface area contributed by atoms with Gasteiger partial charge in [-0.3, -0.25) is 9.69 Å². The maximum absolute atomic E-state index is 12.1. The molecule has 2 saturated heterocycles. The minimum Gasteiger partial charge on any atom is -0.364 e. The molecule has 2 aliphatic heterocycles. The van der Waals surface area contributed by atoms with Crippen molar-refractivity contribution in [2.75, 3.05) is 27.2 Å². The number of piperidine rings is 1. The van der Waals surface area contributed by atoms with Crippen molar-refractivity contribution in [3.05, 3.63) is 16.1 Å². The van der Waals surface area contributed by atoms with Crippen molar-refractivity contribution < 1.29 is 9.53 Å². The van der Waals surface area contributed by atoms with Crippen molar-refractivity contribution in [1.29, 1.82) is 0 Å². The second-order valence-electron chi connectivity index (χ2n) is 6.28. The molecule has 1 amide bonds. The van der Waals surface area contributed by atoms with E-state index in [1.165, 1.54) is 4.88 Å². The quantitative estimate of drug-likeness (QED) is 0.849. The van der Waals surface area contributed by atoms with Crippen LogP contribution in [-0.4, -0.2) is 60.1 Å². The second-order valence-corrected chi connectivity index (χ2v) is 7.22. The van der Waals surface area contributed by atoms with Crippen molar-refractivity contribution in [3.63, 3.8) is 0 Å². The minimum absolute atomic E-state index is 0.106. The van der Waals surface area contributed by atoms with Crippen LogP contribution in [0.2, 0.25) is 0 Å². The average Bonchev–Trinajstić information content (AvgIpc) is 3.04. The minimum atomic E-state index is -0.236. The number of likely N-dealkylation sites (N-methyl/N-ethyl adjacent to an activating group) is 1. The van der Waals surface area contributed by atoms with Gasteiger partial charge in [-0.05, 0) is 32.2 Å². The van der Waals surface area contributed by atoms with E-state index in [2.05, 4.69) is 16.8 Å². The van der Waals surface area contributed by atoms with Crippen LogP contribution < -0.4 is 0 Å². The third kappa shape index (κ3) is 3.12. The lowest BCUT2D eigenvalue weighted by Gasteiger charge is -2.33. The van der Waals surface area contributed by atoms with Crippen LogP contribution in [0.1, 0.15) is 23.4 Å². The molecule has 0 unspecified atom stereocenters. The van der Waals surface area contributed by atoms with E-state index in [1.807, 2.05) is 5.51 Å². The molecule has 0 aromatic carbocycles. The van der Waals surface area contributed by atoms with E-state index >= 15 is 0 Å². The highest BCUT2D eigenvalue weighted by molar-refractivity contribution is 7.09. The molecule has 3 atom stereocenters. The summed E-state index contributed by atoms with van der Waals surface area (Å²) in [5, 5.41) is 0. The van der Waals surface area contributed by atoms with Crippen molar-refractivity contribution in [2.45, 2.75) is 38.5 Å². The van der Waals surface area contributed by atoms with Gasteiger partial charge in [-0.15, -0.1) is 11.3 Å². The first-order valence-electron chi connectivity index (χ1n) is 7.52. The third-order valence-corrected chi connectivity index (χ3v) is 5.48. The van der Waals surface area contributed by atoms with E-state index < -0.39 is 0 Å². The number of aromatic nitrogens is 1. The van der Waals surface area contributed by atoms with Gasteiger partial charge in [-0.1, -0.05) is 0 Å². The summed E-state index contributed by atoms with van der Waals surface area (Å²) in [5.74, 6) is 0.645. The molecule has 2 fully saturated rings. The molecule has 5 nitrogen and oxygen atoms in total. The molecule has 3 heterocycles. The normalized spacial score (nSPS) is 29.4. The fraction of sp³-hybridized carbons (Fsp3) is 0.733. The topological polar surface area (TPSA) is 45.7 Å². The van der Waals surface area contributed by atoms with Crippen LogP contribution in [0.5, 0.6) is 0 Å². The van der Waals surface area contributed by atoms with Crippen LogP contribution in [-0.2, 0) is 16.1 Å². The van der Waals surface area contributed by atoms with E-state index in [0.717, 1.165) is 38.2 Å². The zero-order valence-corrected chi connectivity index (χ0v) is 13.7. The molecular weight excluding hydrogens is 286 g/mol. The molecule has 0 radical (unpaired) electrons. The van der Waals surface area contributed by atoms with E-state index in [4.69, 9.17) is 4.74 Å². The summed E-state index contributed by atoms with van der Waals surface area (Å²) in [6.07, 6.45) is 1.98. The lowest BCUT2D eigenvalue weighted by Crippen LogP contribution is -2.42. The summed E-state index contributed by atoms with van der Waals surface area (Å²) in [6, 6.07) is 0. The Kier molecular flexibility index (Phi) is 4.28. The Morgan fingerprint density at radius 3 is 3.05 bits per heavy atom. The summed E-state index contributed by atoms with van der Waals surface area (Å²) in [7, 11) is 3.60. The first kappa shape index (κ1) is 14.9. The Labute approximate surface area is 129 Å². The summed E-state index contributed by atoms with van der Waals surface area (Å²) in [4.78, 5) is 21.8. The fourth-order valence-corrected chi connectivity index (χ4v) is 4.08. The number of aryl methyl sites for hydroxylation is 1. The van der Waals surface area contributed by atoms with Crippen LogP contribution in [0.3, 0.4) is 0 Å². The number of hydrogen-bond acceptors (Lipinski definition) is 5. The Morgan fingerprint density at radius 1 is 1.57 bits per heavy atom. The number of likely N-dealkylation sites (tertiary alicyclic amines) is 1. The summed E-state index contributed by atoms with van der Waals surface area (Å²) in [6.45, 7) is 5.04. The molecule has 0 N–H and O–H groups in total. The second kappa shape index (κ2) is 6.02. The van der Waals surface area contributed by atoms with Crippen LogP contribution >= 0.6 is 11.3 Å². The maximum Gasteiger partial charge on any atom is 0.251 e. The standard InChI is InChI=1S/C15H23N3O2S/c1-10-14(21-9-16-10)8-18-5-4-11-6-12(15(19)17(2)3)20-13(11)7-18/h9,11-13H,4-8H2,1-3H3/t11-,12+,13+/m0/s1. The number of carbonyl (C=O) groups is 1. The van der Waals surface area contributed by atoms with Gasteiger partial charge in [-0.2, -0.15) is 0 Å². The van der Waals surface area contributed by atoms with Crippen LogP contribution in [0.25, 0.3) is 0 Å². The molecule has 1 aromatic rings. The predicted molar refractivity (Wildman–Crippen MR) is 82.2 cm³/mol. The maximum atomic E-state index is 12.1. The smallest absolute Gasteiger partial charge is 0.251 e. The first-order chi connectivity index (χ1) is 10.0. The van der Waals surface area contributed by atoms with E-state index in [9.17, 15) is 4.79 Å². The first-order valence-corrected chi connectivity index (χ1v) is 8.40. The van der Waals surface area contributed by atoms with Gasteiger partial charge in [0, 0.05) is 32.1 Å². The molecule has 0 bridgehead atoms. The molecule has 0 aliphatic carbocycles. The zero-order chi connectivity index (χ0) is 15.0. The van der Waals surface area contributed by atoms with Crippen LogP contribution in [0.4, 0.5) is 0 Å². The SMILES string of the molecule is Cc1ncsc1CN1CC[C@H]2C[C@H](C(=O)N(C)C)O[C@@H]2C1. The summed E-state index contributed by atoms with van der Waals surface area (Å²) < 4.78 is 6.02. The highest BCUT2D eigenvalue weighted by Gasteiger charge is 2.42. The zero-order valence-electron chi connectivity index (χ0n) is 12.9. The van der Waals surface area contributed by atoms with Crippen molar-refractivity contribution in [1.82, 2.24) is 14.8 Å². The summed E-state index contributed by atoms with van der Waals surface area (Å²) >= 11 is 1.72. The van der Waals surface area contributed by atoms with Gasteiger partial charge in [-0.25, -0.2) is 4.98 Å². The van der Waals surface area contributed by atoms with Gasteiger partial charge in [0.1, 0.15) is 6.10 Å². The molecule has 1 aromatic heterocycles. The van der Waals surface area contributed by atoms with Gasteiger partial charge in [0.05, 0.1) is 17.3 Å². The number of amides is 1. The van der Waals surface area contributed by atoms with Gasteiger partial charge in [0.2, 0.25) is 0 Å². The highest BCUT2D eigenvalue weighted by Crippen LogP contribution is 2.34. The molecule has 116 valence electrons. The predicted octanol–water partition coefficient (Wildman–Crippen LogP) is 1.52. The number of carbonyl (C=O) groups excluding carboxylic acids is 1. The Morgan fingerprint density at radius 2 is 2.38 bits per heavy atom. The Hall–Kier alpha value is -0.980. The highest BCUT2D eigenvalue weighted by atomic mass is 32.1. The van der Waals surface area contributed by atoms with Crippen molar-refractivity contribution in [3.8, 4) is 0 Å². The number of fused-ring (bicyclic) bond motifs is 1. The molecule has 2 aliphatic rings. The van der Waals surface area contributed by atoms with Gasteiger partial charge in [0.15, 0.2) is 0 Å². The number of hydrogen-bond donors (Lipinski definition) is 0. The van der Waals surface area contributed by atoms with Gasteiger partial charge in [0.25, 0.3) is 5.91 Å². The molecule has 6 heteroatoms. The molecule has 0 spiro atoms. The summed E-state index contributed by atoms with van der Waals surface area (Å²) in [5.41, 5.74) is 3.05. The Balaban J connectivity index is 1.59. The number of nitrogens with zero attached hydrogens (tertiary/aromatic N) is 3. The Bertz CT molecular complexity index is 517. The fourth-order valence-electron chi connectivity index (χ4n) is 3.27. The lowest BCUT2D eigenvalue weighted by molar-refractivity contribution is -0.141. The van der Waals surface area contributed by atoms with Crippen LogP contribution in [0.15, 0.2) is 5.51 Å².